The maximum absolute atomic E-state index is 13.5. The number of hydrogen-bond acceptors (Lipinski definition) is 5. The molecule has 0 aliphatic carbocycles. The second kappa shape index (κ2) is 10.0. The SMILES string of the molecule is CCCOc1cccc(NC2=C(c3ccc(OCC)cc3)C(=O)N(c3ccccc3)C2=O)c1. The van der Waals surface area contributed by atoms with Crippen LogP contribution in [0.1, 0.15) is 25.8 Å². The van der Waals surface area contributed by atoms with E-state index in [0.717, 1.165) is 6.42 Å². The molecule has 168 valence electrons. The van der Waals surface area contributed by atoms with E-state index in [1.54, 1.807) is 48.5 Å². The van der Waals surface area contributed by atoms with E-state index in [4.69, 9.17) is 9.47 Å². The molecule has 33 heavy (non-hydrogen) atoms. The van der Waals surface area contributed by atoms with Gasteiger partial charge in [0, 0.05) is 11.8 Å². The Bertz CT molecular complexity index is 1170. The number of rotatable bonds is 9. The summed E-state index contributed by atoms with van der Waals surface area (Å²) in [4.78, 5) is 28.1. The summed E-state index contributed by atoms with van der Waals surface area (Å²) in [7, 11) is 0. The van der Waals surface area contributed by atoms with Crippen molar-refractivity contribution in [1.29, 1.82) is 0 Å². The lowest BCUT2D eigenvalue weighted by molar-refractivity contribution is -0.120. The number of nitrogens with zero attached hydrogens (tertiary/aromatic N) is 1. The molecular formula is C27H26N2O4. The van der Waals surface area contributed by atoms with Crippen LogP contribution in [-0.2, 0) is 9.59 Å². The van der Waals surface area contributed by atoms with E-state index in [1.807, 2.05) is 44.2 Å². The number of carbonyl (C=O) groups is 2. The van der Waals surface area contributed by atoms with Gasteiger partial charge in [0.25, 0.3) is 11.8 Å². The molecule has 0 saturated heterocycles. The zero-order valence-corrected chi connectivity index (χ0v) is 18.7. The van der Waals surface area contributed by atoms with Crippen LogP contribution in [0.2, 0.25) is 0 Å². The Morgan fingerprint density at radius 3 is 2.24 bits per heavy atom. The minimum Gasteiger partial charge on any atom is -0.494 e. The maximum Gasteiger partial charge on any atom is 0.282 e. The molecule has 0 unspecified atom stereocenters. The first-order valence-corrected chi connectivity index (χ1v) is 11.0. The minimum absolute atomic E-state index is 0.223. The third kappa shape index (κ3) is 4.75. The molecule has 6 nitrogen and oxygen atoms in total. The second-order valence-corrected chi connectivity index (χ2v) is 7.49. The second-order valence-electron chi connectivity index (χ2n) is 7.49. The molecule has 4 rings (SSSR count). The summed E-state index contributed by atoms with van der Waals surface area (Å²) in [5, 5.41) is 3.18. The van der Waals surface area contributed by atoms with E-state index >= 15 is 0 Å². The average molecular weight is 443 g/mol. The Labute approximate surface area is 193 Å². The summed E-state index contributed by atoms with van der Waals surface area (Å²) in [5.41, 5.74) is 2.36. The van der Waals surface area contributed by atoms with Gasteiger partial charge >= 0.3 is 0 Å². The van der Waals surface area contributed by atoms with Gasteiger partial charge in [-0.2, -0.15) is 0 Å². The lowest BCUT2D eigenvalue weighted by Gasteiger charge is -2.15. The van der Waals surface area contributed by atoms with Crippen LogP contribution in [-0.4, -0.2) is 25.0 Å². The normalized spacial score (nSPS) is 13.5. The van der Waals surface area contributed by atoms with Gasteiger partial charge < -0.3 is 14.8 Å². The van der Waals surface area contributed by atoms with E-state index in [2.05, 4.69) is 5.32 Å². The fourth-order valence-electron chi connectivity index (χ4n) is 3.64. The number of para-hydroxylation sites is 1. The Morgan fingerprint density at radius 2 is 1.55 bits per heavy atom. The van der Waals surface area contributed by atoms with Gasteiger partial charge in [0.2, 0.25) is 0 Å². The zero-order chi connectivity index (χ0) is 23.2. The number of imide groups is 1. The molecular weight excluding hydrogens is 416 g/mol. The van der Waals surface area contributed by atoms with Crippen LogP contribution in [0.3, 0.4) is 0 Å². The summed E-state index contributed by atoms with van der Waals surface area (Å²) in [5.74, 6) is 0.613. The third-order valence-corrected chi connectivity index (χ3v) is 5.13. The van der Waals surface area contributed by atoms with Crippen LogP contribution in [0.15, 0.2) is 84.6 Å². The van der Waals surface area contributed by atoms with E-state index < -0.39 is 5.91 Å². The highest BCUT2D eigenvalue weighted by Gasteiger charge is 2.40. The molecule has 0 radical (unpaired) electrons. The lowest BCUT2D eigenvalue weighted by Crippen LogP contribution is -2.32. The van der Waals surface area contributed by atoms with Crippen molar-refractivity contribution in [3.8, 4) is 11.5 Å². The predicted octanol–water partition coefficient (Wildman–Crippen LogP) is 5.27. The molecule has 0 saturated carbocycles. The smallest absolute Gasteiger partial charge is 0.282 e. The van der Waals surface area contributed by atoms with Crippen LogP contribution >= 0.6 is 0 Å². The molecule has 1 heterocycles. The monoisotopic (exact) mass is 442 g/mol. The Balaban J connectivity index is 1.74. The van der Waals surface area contributed by atoms with E-state index in [-0.39, 0.29) is 11.6 Å². The molecule has 0 bridgehead atoms. The Morgan fingerprint density at radius 1 is 0.788 bits per heavy atom. The number of benzene rings is 3. The maximum atomic E-state index is 13.5. The number of amides is 2. The molecule has 3 aromatic carbocycles. The molecule has 1 aliphatic rings. The lowest BCUT2D eigenvalue weighted by atomic mass is 10.0. The fourth-order valence-corrected chi connectivity index (χ4v) is 3.64. The first-order chi connectivity index (χ1) is 16.1. The van der Waals surface area contributed by atoms with Gasteiger partial charge in [-0.25, -0.2) is 4.90 Å². The van der Waals surface area contributed by atoms with E-state index in [0.29, 0.717) is 47.2 Å². The number of ether oxygens (including phenoxy) is 2. The highest BCUT2D eigenvalue weighted by molar-refractivity contribution is 6.46. The highest BCUT2D eigenvalue weighted by Crippen LogP contribution is 2.34. The number of hydrogen-bond donors (Lipinski definition) is 1. The van der Waals surface area contributed by atoms with Crippen LogP contribution < -0.4 is 19.7 Å². The van der Waals surface area contributed by atoms with Crippen molar-refractivity contribution in [3.05, 3.63) is 90.1 Å². The Kier molecular flexibility index (Phi) is 6.74. The van der Waals surface area contributed by atoms with Crippen molar-refractivity contribution >= 4 is 28.8 Å². The van der Waals surface area contributed by atoms with Crippen molar-refractivity contribution in [1.82, 2.24) is 0 Å². The van der Waals surface area contributed by atoms with E-state index in [9.17, 15) is 9.59 Å². The minimum atomic E-state index is -0.407. The van der Waals surface area contributed by atoms with Gasteiger partial charge in [0.05, 0.1) is 24.5 Å². The van der Waals surface area contributed by atoms with Gasteiger partial charge in [0.1, 0.15) is 17.2 Å². The fraction of sp³-hybridized carbons (Fsp3) is 0.185. The van der Waals surface area contributed by atoms with Gasteiger partial charge in [-0.05, 0) is 55.3 Å². The van der Waals surface area contributed by atoms with Crippen LogP contribution in [0.25, 0.3) is 5.57 Å². The van der Waals surface area contributed by atoms with Crippen molar-refractivity contribution in [2.75, 3.05) is 23.4 Å². The summed E-state index contributed by atoms with van der Waals surface area (Å²) < 4.78 is 11.2. The third-order valence-electron chi connectivity index (χ3n) is 5.13. The summed E-state index contributed by atoms with van der Waals surface area (Å²) in [6, 6.07) is 23.5. The summed E-state index contributed by atoms with van der Waals surface area (Å²) in [6.45, 7) is 5.10. The largest absolute Gasteiger partial charge is 0.494 e. The molecule has 0 spiro atoms. The van der Waals surface area contributed by atoms with Gasteiger partial charge in [0.15, 0.2) is 0 Å². The zero-order valence-electron chi connectivity index (χ0n) is 18.7. The molecule has 1 aliphatic heterocycles. The van der Waals surface area contributed by atoms with Crippen molar-refractivity contribution in [2.24, 2.45) is 0 Å². The summed E-state index contributed by atoms with van der Waals surface area (Å²) in [6.07, 6.45) is 0.893. The molecule has 6 heteroatoms. The van der Waals surface area contributed by atoms with E-state index in [1.165, 1.54) is 4.90 Å². The van der Waals surface area contributed by atoms with Crippen molar-refractivity contribution in [3.63, 3.8) is 0 Å². The quantitative estimate of drug-likeness (QED) is 0.457. The Hall–Kier alpha value is -4.06. The molecule has 2 amide bonds. The van der Waals surface area contributed by atoms with Crippen molar-refractivity contribution < 1.29 is 19.1 Å². The number of anilines is 2. The molecule has 0 fully saturated rings. The first kappa shape index (κ1) is 22.1. The first-order valence-electron chi connectivity index (χ1n) is 11.0. The molecule has 1 N–H and O–H groups in total. The summed E-state index contributed by atoms with van der Waals surface area (Å²) >= 11 is 0. The molecule has 0 atom stereocenters. The number of nitrogens with one attached hydrogen (secondary N) is 1. The van der Waals surface area contributed by atoms with Gasteiger partial charge in [-0.1, -0.05) is 43.3 Å². The molecule has 3 aromatic rings. The average Bonchev–Trinajstić information content (AvgIpc) is 3.08. The van der Waals surface area contributed by atoms with Crippen LogP contribution in [0, 0.1) is 0 Å². The number of carbonyl (C=O) groups excluding carboxylic acids is 2. The van der Waals surface area contributed by atoms with Crippen molar-refractivity contribution in [2.45, 2.75) is 20.3 Å². The molecule has 0 aromatic heterocycles. The van der Waals surface area contributed by atoms with Gasteiger partial charge in [-0.15, -0.1) is 0 Å². The highest BCUT2D eigenvalue weighted by atomic mass is 16.5. The topological polar surface area (TPSA) is 67.9 Å². The van der Waals surface area contributed by atoms with Crippen LogP contribution in [0.4, 0.5) is 11.4 Å². The standard InChI is InChI=1S/C27H26N2O4/c1-3-17-33-23-12-8-9-20(18-23)28-25-24(19-13-15-22(16-14-19)32-4-2)26(30)29(27(25)31)21-10-6-5-7-11-21/h5-16,18,28H,3-4,17H2,1-2H3. The predicted molar refractivity (Wildman–Crippen MR) is 129 cm³/mol. The van der Waals surface area contributed by atoms with Crippen LogP contribution in [0.5, 0.6) is 11.5 Å². The van der Waals surface area contributed by atoms with Gasteiger partial charge in [-0.3, -0.25) is 9.59 Å².